The number of esters is 1. The summed E-state index contributed by atoms with van der Waals surface area (Å²) in [7, 11) is 2.61. The van der Waals surface area contributed by atoms with Gasteiger partial charge in [-0.3, -0.25) is 10.1 Å². The van der Waals surface area contributed by atoms with Crippen LogP contribution in [0.2, 0.25) is 0 Å². The molecule has 0 atom stereocenters. The highest BCUT2D eigenvalue weighted by Gasteiger charge is 2.27. The molecule has 1 aromatic carbocycles. The third-order valence-corrected chi connectivity index (χ3v) is 2.91. The van der Waals surface area contributed by atoms with Gasteiger partial charge in [0.2, 0.25) is 0 Å². The summed E-state index contributed by atoms with van der Waals surface area (Å²) < 4.78 is 14.6. The molecule has 2 aromatic rings. The maximum atomic E-state index is 11.8. The number of hydrogen-bond donors (Lipinski definition) is 0. The van der Waals surface area contributed by atoms with Crippen LogP contribution in [0.3, 0.4) is 0 Å². The quantitative estimate of drug-likeness (QED) is 0.483. The zero-order chi connectivity index (χ0) is 15.6. The number of nitro benzene ring substituents is 1. The van der Waals surface area contributed by atoms with E-state index in [9.17, 15) is 14.9 Å². The van der Waals surface area contributed by atoms with Crippen LogP contribution >= 0.6 is 0 Å². The second-order valence-electron chi connectivity index (χ2n) is 4.09. The standard InChI is InChI=1S/C13H12N2O6/c1-7-11(13(16)20-3)12(14-21-7)9-5-4-8(19-2)6-10(9)15(17)18/h4-6H,1-3H3. The molecule has 2 rings (SSSR count). The van der Waals surface area contributed by atoms with Crippen LogP contribution in [0.15, 0.2) is 22.7 Å². The first-order chi connectivity index (χ1) is 9.99. The Kier molecular flexibility index (Phi) is 3.88. The van der Waals surface area contributed by atoms with Crippen molar-refractivity contribution >= 4 is 11.7 Å². The molecule has 8 heteroatoms. The van der Waals surface area contributed by atoms with Crippen LogP contribution in [0.5, 0.6) is 5.75 Å². The fraction of sp³-hybridized carbons (Fsp3) is 0.231. The van der Waals surface area contributed by atoms with E-state index in [4.69, 9.17) is 9.26 Å². The van der Waals surface area contributed by atoms with Gasteiger partial charge in [-0.05, 0) is 19.1 Å². The van der Waals surface area contributed by atoms with E-state index in [1.54, 1.807) is 0 Å². The highest BCUT2D eigenvalue weighted by atomic mass is 16.6. The predicted octanol–water partition coefficient (Wildman–Crippen LogP) is 2.35. The Morgan fingerprint density at radius 2 is 2.10 bits per heavy atom. The Balaban J connectivity index is 2.68. The van der Waals surface area contributed by atoms with E-state index < -0.39 is 10.9 Å². The van der Waals surface area contributed by atoms with E-state index in [0.29, 0.717) is 5.75 Å². The Labute approximate surface area is 119 Å². The second kappa shape index (κ2) is 5.61. The monoisotopic (exact) mass is 292 g/mol. The van der Waals surface area contributed by atoms with Crippen LogP contribution in [0, 0.1) is 17.0 Å². The summed E-state index contributed by atoms with van der Waals surface area (Å²) in [6, 6.07) is 4.23. The third-order valence-electron chi connectivity index (χ3n) is 2.91. The highest BCUT2D eigenvalue weighted by molar-refractivity contribution is 5.98. The molecule has 0 aliphatic carbocycles. The van der Waals surface area contributed by atoms with Crippen molar-refractivity contribution in [2.24, 2.45) is 0 Å². The van der Waals surface area contributed by atoms with Gasteiger partial charge in [0.1, 0.15) is 22.8 Å². The van der Waals surface area contributed by atoms with Gasteiger partial charge in [-0.25, -0.2) is 4.79 Å². The number of methoxy groups -OCH3 is 2. The van der Waals surface area contributed by atoms with Gasteiger partial charge < -0.3 is 14.0 Å². The number of aryl methyl sites for hydroxylation is 1. The minimum atomic E-state index is -0.672. The van der Waals surface area contributed by atoms with E-state index in [-0.39, 0.29) is 28.3 Å². The molecule has 21 heavy (non-hydrogen) atoms. The van der Waals surface area contributed by atoms with Crippen LogP contribution in [0.4, 0.5) is 5.69 Å². The summed E-state index contributed by atoms with van der Waals surface area (Å²) in [6.45, 7) is 1.53. The van der Waals surface area contributed by atoms with E-state index in [0.717, 1.165) is 0 Å². The summed E-state index contributed by atoms with van der Waals surface area (Å²) >= 11 is 0. The van der Waals surface area contributed by atoms with E-state index in [1.165, 1.54) is 39.3 Å². The zero-order valence-corrected chi connectivity index (χ0v) is 11.6. The van der Waals surface area contributed by atoms with Gasteiger partial charge in [-0.15, -0.1) is 0 Å². The van der Waals surface area contributed by atoms with Crippen molar-refractivity contribution < 1.29 is 23.7 Å². The fourth-order valence-electron chi connectivity index (χ4n) is 1.89. The lowest BCUT2D eigenvalue weighted by molar-refractivity contribution is -0.384. The van der Waals surface area contributed by atoms with Crippen molar-refractivity contribution in [1.82, 2.24) is 5.16 Å². The predicted molar refractivity (Wildman–Crippen MR) is 71.2 cm³/mol. The summed E-state index contributed by atoms with van der Waals surface area (Å²) in [6.07, 6.45) is 0. The Morgan fingerprint density at radius 1 is 1.38 bits per heavy atom. The van der Waals surface area contributed by atoms with E-state index in [1.807, 2.05) is 0 Å². The minimum absolute atomic E-state index is 0.0609. The normalized spacial score (nSPS) is 10.2. The molecule has 0 aliphatic heterocycles. The molecule has 1 heterocycles. The second-order valence-corrected chi connectivity index (χ2v) is 4.09. The summed E-state index contributed by atoms with van der Waals surface area (Å²) in [5.41, 5.74) is 0.0327. The Morgan fingerprint density at radius 3 is 2.67 bits per heavy atom. The number of ether oxygens (including phenoxy) is 2. The SMILES string of the molecule is COC(=O)c1c(-c2ccc(OC)cc2[N+](=O)[O-])noc1C. The molecular formula is C13H12N2O6. The van der Waals surface area contributed by atoms with Crippen LogP contribution < -0.4 is 4.74 Å². The number of hydrogen-bond acceptors (Lipinski definition) is 7. The van der Waals surface area contributed by atoms with Crippen molar-refractivity contribution in [2.75, 3.05) is 14.2 Å². The molecule has 0 aliphatic rings. The van der Waals surface area contributed by atoms with Gasteiger partial charge in [0.05, 0.1) is 30.8 Å². The lowest BCUT2D eigenvalue weighted by Crippen LogP contribution is -2.04. The van der Waals surface area contributed by atoms with Gasteiger partial charge in [0.15, 0.2) is 0 Å². The van der Waals surface area contributed by atoms with Gasteiger partial charge >= 0.3 is 5.97 Å². The van der Waals surface area contributed by atoms with Gasteiger partial charge in [0.25, 0.3) is 5.69 Å². The Hall–Kier alpha value is -2.90. The zero-order valence-electron chi connectivity index (χ0n) is 11.6. The molecule has 0 spiro atoms. The molecule has 0 saturated carbocycles. The number of carbonyl (C=O) groups excluding carboxylic acids is 1. The minimum Gasteiger partial charge on any atom is -0.497 e. The number of nitro groups is 1. The van der Waals surface area contributed by atoms with E-state index in [2.05, 4.69) is 9.89 Å². The molecule has 0 radical (unpaired) electrons. The first-order valence-electron chi connectivity index (χ1n) is 5.87. The van der Waals surface area contributed by atoms with Crippen molar-refractivity contribution in [2.45, 2.75) is 6.92 Å². The van der Waals surface area contributed by atoms with Crippen LogP contribution in [-0.4, -0.2) is 30.3 Å². The molecular weight excluding hydrogens is 280 g/mol. The number of benzene rings is 1. The smallest absolute Gasteiger partial charge is 0.343 e. The summed E-state index contributed by atoms with van der Waals surface area (Å²) in [5.74, 6) is -0.124. The molecule has 0 saturated heterocycles. The largest absolute Gasteiger partial charge is 0.497 e. The molecule has 0 unspecified atom stereocenters. The highest BCUT2D eigenvalue weighted by Crippen LogP contribution is 2.35. The first kappa shape index (κ1) is 14.5. The summed E-state index contributed by atoms with van der Waals surface area (Å²) in [5, 5.41) is 14.9. The van der Waals surface area contributed by atoms with Crippen molar-refractivity contribution in [3.8, 4) is 17.0 Å². The van der Waals surface area contributed by atoms with Crippen LogP contribution in [-0.2, 0) is 4.74 Å². The maximum Gasteiger partial charge on any atom is 0.343 e. The lowest BCUT2D eigenvalue weighted by atomic mass is 10.0. The molecule has 0 fully saturated rings. The van der Waals surface area contributed by atoms with Gasteiger partial charge in [-0.1, -0.05) is 5.16 Å². The van der Waals surface area contributed by atoms with Crippen molar-refractivity contribution in [3.63, 3.8) is 0 Å². The first-order valence-corrected chi connectivity index (χ1v) is 5.87. The average Bonchev–Trinajstić information content (AvgIpc) is 2.87. The van der Waals surface area contributed by atoms with E-state index >= 15 is 0 Å². The molecule has 8 nitrogen and oxygen atoms in total. The molecule has 1 aromatic heterocycles. The number of aromatic nitrogens is 1. The number of carbonyl (C=O) groups is 1. The van der Waals surface area contributed by atoms with Gasteiger partial charge in [-0.2, -0.15) is 0 Å². The molecule has 0 bridgehead atoms. The average molecular weight is 292 g/mol. The molecule has 0 amide bonds. The van der Waals surface area contributed by atoms with Crippen LogP contribution in [0.1, 0.15) is 16.1 Å². The summed E-state index contributed by atoms with van der Waals surface area (Å²) in [4.78, 5) is 22.4. The third kappa shape index (κ3) is 2.55. The van der Waals surface area contributed by atoms with Crippen LogP contribution in [0.25, 0.3) is 11.3 Å². The topological polar surface area (TPSA) is 105 Å². The fourth-order valence-corrected chi connectivity index (χ4v) is 1.89. The number of rotatable bonds is 4. The van der Waals surface area contributed by atoms with Crippen molar-refractivity contribution in [3.05, 3.63) is 39.6 Å². The molecule has 0 N–H and O–H groups in total. The lowest BCUT2D eigenvalue weighted by Gasteiger charge is -2.04. The number of nitrogens with zero attached hydrogens (tertiary/aromatic N) is 2. The Bertz CT molecular complexity index is 707. The van der Waals surface area contributed by atoms with Gasteiger partial charge in [0, 0.05) is 0 Å². The molecule has 110 valence electrons. The maximum absolute atomic E-state index is 11.8. The van der Waals surface area contributed by atoms with Crippen molar-refractivity contribution in [1.29, 1.82) is 0 Å².